The van der Waals surface area contributed by atoms with Crippen molar-refractivity contribution >= 4 is 17.5 Å². The number of rotatable bonds is 6. The van der Waals surface area contributed by atoms with Crippen LogP contribution >= 0.6 is 0 Å². The van der Waals surface area contributed by atoms with Crippen molar-refractivity contribution in [2.75, 3.05) is 31.5 Å². The van der Waals surface area contributed by atoms with Gasteiger partial charge in [0.1, 0.15) is 0 Å². The predicted octanol–water partition coefficient (Wildman–Crippen LogP) is 1.86. The van der Waals surface area contributed by atoms with Crippen molar-refractivity contribution in [3.05, 3.63) is 29.8 Å². The molecule has 114 valence electrons. The summed E-state index contributed by atoms with van der Waals surface area (Å²) >= 11 is 0. The van der Waals surface area contributed by atoms with Gasteiger partial charge in [0.2, 0.25) is 5.91 Å². The Kier molecular flexibility index (Phi) is 5.75. The summed E-state index contributed by atoms with van der Waals surface area (Å²) in [5, 5.41) is 5.86. The van der Waals surface area contributed by atoms with Crippen LogP contribution in [-0.4, -0.2) is 42.9 Å². The van der Waals surface area contributed by atoms with E-state index in [0.717, 1.165) is 44.6 Å². The molecule has 5 heteroatoms. The molecule has 21 heavy (non-hydrogen) atoms. The molecule has 1 aromatic carbocycles. The largest absolute Gasteiger partial charge is 0.339 e. The first-order valence-electron chi connectivity index (χ1n) is 7.60. The highest BCUT2D eigenvalue weighted by Gasteiger charge is 2.19. The van der Waals surface area contributed by atoms with E-state index < -0.39 is 0 Å². The molecule has 2 amide bonds. The molecule has 0 spiro atoms. The van der Waals surface area contributed by atoms with Gasteiger partial charge in [0, 0.05) is 24.3 Å². The zero-order chi connectivity index (χ0) is 15.1. The van der Waals surface area contributed by atoms with Crippen LogP contribution < -0.4 is 10.6 Å². The molecule has 0 atom stereocenters. The minimum Gasteiger partial charge on any atom is -0.339 e. The summed E-state index contributed by atoms with van der Waals surface area (Å²) in [6.45, 7) is 4.89. The Morgan fingerprint density at radius 1 is 1.14 bits per heavy atom. The van der Waals surface area contributed by atoms with Crippen LogP contribution in [0.2, 0.25) is 0 Å². The maximum Gasteiger partial charge on any atom is 0.253 e. The lowest BCUT2D eigenvalue weighted by Crippen LogP contribution is -2.29. The lowest BCUT2D eigenvalue weighted by Gasteiger charge is -2.15. The average Bonchev–Trinajstić information content (AvgIpc) is 3.02. The lowest BCUT2D eigenvalue weighted by molar-refractivity contribution is -0.115. The van der Waals surface area contributed by atoms with Crippen molar-refractivity contribution in [1.82, 2.24) is 10.2 Å². The van der Waals surface area contributed by atoms with Crippen molar-refractivity contribution in [3.63, 3.8) is 0 Å². The van der Waals surface area contributed by atoms with Crippen molar-refractivity contribution in [2.45, 2.75) is 26.2 Å². The monoisotopic (exact) mass is 289 g/mol. The number of hydrogen-bond donors (Lipinski definition) is 2. The Morgan fingerprint density at radius 2 is 1.81 bits per heavy atom. The third-order valence-corrected chi connectivity index (χ3v) is 3.52. The molecule has 1 saturated heterocycles. The van der Waals surface area contributed by atoms with E-state index in [2.05, 4.69) is 17.6 Å². The standard InChI is InChI=1S/C16H23N3O2/c1-2-9-17-12-15(20)18-14-7-5-13(6-8-14)16(21)19-10-3-4-11-19/h5-8,17H,2-4,9-12H2,1H3,(H,18,20). The molecule has 0 saturated carbocycles. The Balaban J connectivity index is 1.86. The van der Waals surface area contributed by atoms with Crippen molar-refractivity contribution in [2.24, 2.45) is 0 Å². The molecule has 0 bridgehead atoms. The Hall–Kier alpha value is -1.88. The number of benzene rings is 1. The van der Waals surface area contributed by atoms with Crippen LogP contribution in [0, 0.1) is 0 Å². The molecule has 1 aliphatic heterocycles. The molecule has 1 aliphatic rings. The molecule has 1 heterocycles. The number of nitrogens with one attached hydrogen (secondary N) is 2. The van der Waals surface area contributed by atoms with Crippen LogP contribution in [-0.2, 0) is 4.79 Å². The highest BCUT2D eigenvalue weighted by atomic mass is 16.2. The predicted molar refractivity (Wildman–Crippen MR) is 83.4 cm³/mol. The molecule has 1 fully saturated rings. The van der Waals surface area contributed by atoms with Gasteiger partial charge in [-0.25, -0.2) is 0 Å². The van der Waals surface area contributed by atoms with Crippen LogP contribution in [0.25, 0.3) is 0 Å². The van der Waals surface area contributed by atoms with Crippen LogP contribution in [0.15, 0.2) is 24.3 Å². The van der Waals surface area contributed by atoms with Crippen molar-refractivity contribution < 1.29 is 9.59 Å². The first kappa shape index (κ1) is 15.5. The van der Waals surface area contributed by atoms with Gasteiger partial charge in [0.15, 0.2) is 0 Å². The van der Waals surface area contributed by atoms with E-state index in [1.54, 1.807) is 24.3 Å². The van der Waals surface area contributed by atoms with E-state index >= 15 is 0 Å². The number of carbonyl (C=O) groups is 2. The summed E-state index contributed by atoms with van der Waals surface area (Å²) < 4.78 is 0. The number of carbonyl (C=O) groups excluding carboxylic acids is 2. The molecule has 0 aliphatic carbocycles. The third-order valence-electron chi connectivity index (χ3n) is 3.52. The Labute approximate surface area is 125 Å². The zero-order valence-electron chi connectivity index (χ0n) is 12.5. The Morgan fingerprint density at radius 3 is 2.43 bits per heavy atom. The van der Waals surface area contributed by atoms with Gasteiger partial charge in [0.25, 0.3) is 5.91 Å². The van der Waals surface area contributed by atoms with Crippen LogP contribution in [0.3, 0.4) is 0 Å². The van der Waals surface area contributed by atoms with E-state index in [0.29, 0.717) is 12.1 Å². The van der Waals surface area contributed by atoms with E-state index in [1.165, 1.54) is 0 Å². The molecule has 5 nitrogen and oxygen atoms in total. The number of anilines is 1. The molecule has 0 aromatic heterocycles. The maximum absolute atomic E-state index is 12.2. The Bertz CT molecular complexity index is 479. The third kappa shape index (κ3) is 4.56. The summed E-state index contributed by atoms with van der Waals surface area (Å²) in [7, 11) is 0. The van der Waals surface area contributed by atoms with Crippen molar-refractivity contribution in [3.8, 4) is 0 Å². The van der Waals surface area contributed by atoms with E-state index in [-0.39, 0.29) is 11.8 Å². The quantitative estimate of drug-likeness (QED) is 0.786. The smallest absolute Gasteiger partial charge is 0.253 e. The second-order valence-corrected chi connectivity index (χ2v) is 5.30. The SMILES string of the molecule is CCCNCC(=O)Nc1ccc(C(=O)N2CCCC2)cc1. The fourth-order valence-electron chi connectivity index (χ4n) is 2.38. The van der Waals surface area contributed by atoms with Crippen molar-refractivity contribution in [1.29, 1.82) is 0 Å². The topological polar surface area (TPSA) is 61.4 Å². The summed E-state index contributed by atoms with van der Waals surface area (Å²) in [5.74, 6) is 0.0112. The minimum absolute atomic E-state index is 0.0675. The highest BCUT2D eigenvalue weighted by molar-refractivity contribution is 5.96. The molecular weight excluding hydrogens is 266 g/mol. The fourth-order valence-corrected chi connectivity index (χ4v) is 2.38. The van der Waals surface area contributed by atoms with Gasteiger partial charge in [-0.1, -0.05) is 6.92 Å². The maximum atomic E-state index is 12.2. The van der Waals surface area contributed by atoms with Crippen LogP contribution in [0.4, 0.5) is 5.69 Å². The number of hydrogen-bond acceptors (Lipinski definition) is 3. The molecule has 0 radical (unpaired) electrons. The minimum atomic E-state index is -0.0675. The molecular formula is C16H23N3O2. The van der Waals surface area contributed by atoms with Gasteiger partial charge >= 0.3 is 0 Å². The first-order valence-corrected chi connectivity index (χ1v) is 7.60. The van der Waals surface area contributed by atoms with E-state index in [9.17, 15) is 9.59 Å². The average molecular weight is 289 g/mol. The normalized spacial score (nSPS) is 14.2. The van der Waals surface area contributed by atoms with Gasteiger partial charge in [-0.3, -0.25) is 9.59 Å². The first-order chi connectivity index (χ1) is 10.2. The summed E-state index contributed by atoms with van der Waals surface area (Å²) in [6, 6.07) is 7.10. The molecule has 2 rings (SSSR count). The molecule has 2 N–H and O–H groups in total. The van der Waals surface area contributed by atoms with Crippen LogP contribution in [0.1, 0.15) is 36.5 Å². The second-order valence-electron chi connectivity index (χ2n) is 5.30. The number of nitrogens with zero attached hydrogens (tertiary/aromatic N) is 1. The summed E-state index contributed by atoms with van der Waals surface area (Å²) in [6.07, 6.45) is 3.18. The van der Waals surface area contributed by atoms with Crippen LogP contribution in [0.5, 0.6) is 0 Å². The highest BCUT2D eigenvalue weighted by Crippen LogP contribution is 2.15. The van der Waals surface area contributed by atoms with Gasteiger partial charge in [-0.2, -0.15) is 0 Å². The summed E-state index contributed by atoms with van der Waals surface area (Å²) in [4.78, 5) is 25.7. The van der Waals surface area contributed by atoms with Gasteiger partial charge < -0.3 is 15.5 Å². The van der Waals surface area contributed by atoms with E-state index in [4.69, 9.17) is 0 Å². The zero-order valence-corrected chi connectivity index (χ0v) is 12.5. The summed E-state index contributed by atoms with van der Waals surface area (Å²) in [5.41, 5.74) is 1.40. The number of amides is 2. The van der Waals surface area contributed by atoms with Gasteiger partial charge in [-0.15, -0.1) is 0 Å². The van der Waals surface area contributed by atoms with Gasteiger partial charge in [0.05, 0.1) is 6.54 Å². The lowest BCUT2D eigenvalue weighted by atomic mass is 10.2. The fraction of sp³-hybridized carbons (Fsp3) is 0.500. The molecule has 1 aromatic rings. The number of likely N-dealkylation sites (tertiary alicyclic amines) is 1. The molecule has 0 unspecified atom stereocenters. The van der Waals surface area contributed by atoms with E-state index in [1.807, 2.05) is 4.90 Å². The second kappa shape index (κ2) is 7.78. The van der Waals surface area contributed by atoms with Gasteiger partial charge in [-0.05, 0) is 50.1 Å².